The second kappa shape index (κ2) is 15.8. The van der Waals surface area contributed by atoms with Crippen molar-refractivity contribution in [1.82, 2.24) is 21.3 Å². The van der Waals surface area contributed by atoms with Gasteiger partial charge in [0.1, 0.15) is 25.0 Å². The number of carbonyl (C=O) groups is 5. The van der Waals surface area contributed by atoms with Crippen LogP contribution in [0.2, 0.25) is 0 Å². The Morgan fingerprint density at radius 3 is 2.14 bits per heavy atom. The molecular formula is C32H42N4O7. The predicted molar refractivity (Wildman–Crippen MR) is 160 cm³/mol. The molecule has 11 nitrogen and oxygen atoms in total. The Morgan fingerprint density at radius 1 is 0.953 bits per heavy atom. The van der Waals surface area contributed by atoms with Crippen LogP contribution in [0.5, 0.6) is 0 Å². The molecule has 0 saturated carbocycles. The molecule has 232 valence electrons. The molecule has 2 aromatic carbocycles. The van der Waals surface area contributed by atoms with E-state index >= 15 is 0 Å². The van der Waals surface area contributed by atoms with Crippen LogP contribution in [-0.2, 0) is 41.7 Å². The van der Waals surface area contributed by atoms with E-state index in [2.05, 4.69) is 21.3 Å². The molecule has 1 aliphatic heterocycles. The molecule has 1 saturated heterocycles. The molecule has 3 rings (SSSR count). The number of rotatable bonds is 14. The minimum absolute atomic E-state index is 0.000655. The molecule has 2 aromatic rings. The SMILES string of the molecule is C[C@@H](OC(C)(C)C)[C@H](NC(=O)OCc1ccccc1)C(=O)N[C@@H](Cc1ccccc1)C(=O)N[C@H](C=O)C[C@@H]1CCNC1=O. The topological polar surface area (TPSA) is 152 Å². The van der Waals surface area contributed by atoms with E-state index in [-0.39, 0.29) is 31.3 Å². The first-order chi connectivity index (χ1) is 20.4. The van der Waals surface area contributed by atoms with Gasteiger partial charge in [-0.3, -0.25) is 14.4 Å². The van der Waals surface area contributed by atoms with Crippen LogP contribution in [-0.4, -0.2) is 66.5 Å². The van der Waals surface area contributed by atoms with Crippen LogP contribution in [0.3, 0.4) is 0 Å². The van der Waals surface area contributed by atoms with Crippen LogP contribution in [0.15, 0.2) is 60.7 Å². The van der Waals surface area contributed by atoms with Crippen molar-refractivity contribution in [1.29, 1.82) is 0 Å². The van der Waals surface area contributed by atoms with E-state index in [0.29, 0.717) is 19.3 Å². The van der Waals surface area contributed by atoms with E-state index in [1.165, 1.54) is 0 Å². The fourth-order valence-electron chi connectivity index (χ4n) is 4.84. The van der Waals surface area contributed by atoms with Gasteiger partial charge in [-0.1, -0.05) is 60.7 Å². The van der Waals surface area contributed by atoms with Crippen molar-refractivity contribution < 1.29 is 33.4 Å². The summed E-state index contributed by atoms with van der Waals surface area (Å²) in [4.78, 5) is 63.8. The number of benzene rings is 2. The first-order valence-electron chi connectivity index (χ1n) is 14.5. The number of carbonyl (C=O) groups excluding carboxylic acids is 5. The lowest BCUT2D eigenvalue weighted by Crippen LogP contribution is -2.59. The maximum Gasteiger partial charge on any atom is 0.408 e. The van der Waals surface area contributed by atoms with Crippen LogP contribution in [0, 0.1) is 5.92 Å². The zero-order valence-corrected chi connectivity index (χ0v) is 25.1. The third kappa shape index (κ3) is 11.2. The molecule has 1 fully saturated rings. The van der Waals surface area contributed by atoms with Crippen molar-refractivity contribution in [2.45, 2.75) is 83.4 Å². The quantitative estimate of drug-likeness (QED) is 0.245. The number of hydrogen-bond acceptors (Lipinski definition) is 7. The summed E-state index contributed by atoms with van der Waals surface area (Å²) in [5, 5.41) is 10.7. The lowest BCUT2D eigenvalue weighted by Gasteiger charge is -2.31. The lowest BCUT2D eigenvalue weighted by molar-refractivity contribution is -0.135. The van der Waals surface area contributed by atoms with Crippen LogP contribution in [0.1, 0.15) is 51.7 Å². The Morgan fingerprint density at radius 2 is 1.58 bits per heavy atom. The van der Waals surface area contributed by atoms with Gasteiger partial charge in [0.15, 0.2) is 0 Å². The number of hydrogen-bond donors (Lipinski definition) is 4. The summed E-state index contributed by atoms with van der Waals surface area (Å²) in [5.41, 5.74) is 0.904. The lowest BCUT2D eigenvalue weighted by atomic mass is 9.98. The normalized spacial score (nSPS) is 17.5. The van der Waals surface area contributed by atoms with E-state index in [0.717, 1.165) is 11.1 Å². The van der Waals surface area contributed by atoms with Crippen LogP contribution < -0.4 is 21.3 Å². The van der Waals surface area contributed by atoms with Crippen LogP contribution in [0.25, 0.3) is 0 Å². The summed E-state index contributed by atoms with van der Waals surface area (Å²) in [6.45, 7) is 7.63. The fraction of sp³-hybridized carbons (Fsp3) is 0.469. The highest BCUT2D eigenvalue weighted by Gasteiger charge is 2.35. The van der Waals surface area contributed by atoms with E-state index in [9.17, 15) is 24.0 Å². The van der Waals surface area contributed by atoms with Crippen molar-refractivity contribution in [3.8, 4) is 0 Å². The smallest absolute Gasteiger partial charge is 0.408 e. The third-order valence-corrected chi connectivity index (χ3v) is 6.89. The number of ether oxygens (including phenoxy) is 2. The van der Waals surface area contributed by atoms with Gasteiger partial charge in [-0.2, -0.15) is 0 Å². The van der Waals surface area contributed by atoms with Crippen molar-refractivity contribution in [3.63, 3.8) is 0 Å². The zero-order valence-electron chi connectivity index (χ0n) is 25.1. The maximum atomic E-state index is 13.7. The van der Waals surface area contributed by atoms with Gasteiger partial charge in [0.25, 0.3) is 0 Å². The van der Waals surface area contributed by atoms with Crippen molar-refractivity contribution in [2.75, 3.05) is 6.54 Å². The van der Waals surface area contributed by atoms with E-state index in [4.69, 9.17) is 9.47 Å². The third-order valence-electron chi connectivity index (χ3n) is 6.89. The largest absolute Gasteiger partial charge is 0.445 e. The standard InChI is InChI=1S/C32H42N4O7/c1-21(43-32(2,3)4)27(36-31(41)42-20-23-13-9-6-10-14-23)30(40)35-26(17-22-11-7-5-8-12-22)29(39)34-25(19-37)18-24-15-16-33-28(24)38/h5-14,19,21,24-27H,15-18,20H2,1-4H3,(H,33,38)(H,34,39)(H,35,40)(H,36,41)/t21-,24+,25+,26+,27+/m1/s1. The predicted octanol–water partition coefficient (Wildman–Crippen LogP) is 2.42. The number of alkyl carbamates (subject to hydrolysis) is 1. The van der Waals surface area contributed by atoms with E-state index in [1.807, 2.05) is 69.3 Å². The summed E-state index contributed by atoms with van der Waals surface area (Å²) in [7, 11) is 0. The molecular weight excluding hydrogens is 552 g/mol. The van der Waals surface area contributed by atoms with Gasteiger partial charge in [-0.15, -0.1) is 0 Å². The molecule has 5 atom stereocenters. The fourth-order valence-corrected chi connectivity index (χ4v) is 4.84. The van der Waals surface area contributed by atoms with Crippen LogP contribution >= 0.6 is 0 Å². The Bertz CT molecular complexity index is 1230. The van der Waals surface area contributed by atoms with E-state index in [1.54, 1.807) is 19.1 Å². The highest BCUT2D eigenvalue weighted by molar-refractivity contribution is 5.92. The molecule has 0 radical (unpaired) electrons. The van der Waals surface area contributed by atoms with Gasteiger partial charge in [0.05, 0.1) is 17.7 Å². The molecule has 4 N–H and O–H groups in total. The van der Waals surface area contributed by atoms with Gasteiger partial charge >= 0.3 is 6.09 Å². The number of aldehydes is 1. The first kappa shape index (κ1) is 33.3. The minimum atomic E-state index is -1.21. The second-order valence-electron chi connectivity index (χ2n) is 11.6. The van der Waals surface area contributed by atoms with Gasteiger partial charge in [0, 0.05) is 18.9 Å². The molecule has 1 heterocycles. The minimum Gasteiger partial charge on any atom is -0.445 e. The molecule has 0 spiro atoms. The average Bonchev–Trinajstić information content (AvgIpc) is 3.37. The maximum absolute atomic E-state index is 13.7. The molecule has 0 aromatic heterocycles. The highest BCUT2D eigenvalue weighted by atomic mass is 16.6. The van der Waals surface area contributed by atoms with Gasteiger partial charge in [-0.05, 0) is 51.7 Å². The molecule has 4 amide bonds. The van der Waals surface area contributed by atoms with Gasteiger partial charge < -0.3 is 35.5 Å². The van der Waals surface area contributed by atoms with Gasteiger partial charge in [0.2, 0.25) is 17.7 Å². The monoisotopic (exact) mass is 594 g/mol. The Labute approximate surface area is 252 Å². The summed E-state index contributed by atoms with van der Waals surface area (Å²) in [5.74, 6) is -1.80. The average molecular weight is 595 g/mol. The molecule has 0 bridgehead atoms. The summed E-state index contributed by atoms with van der Waals surface area (Å²) in [6.07, 6.45) is -0.185. The zero-order chi connectivity index (χ0) is 31.4. The number of amides is 4. The summed E-state index contributed by atoms with van der Waals surface area (Å²) < 4.78 is 11.3. The molecule has 0 unspecified atom stereocenters. The molecule has 1 aliphatic rings. The summed E-state index contributed by atoms with van der Waals surface area (Å²) >= 11 is 0. The molecule has 43 heavy (non-hydrogen) atoms. The Hall–Kier alpha value is -4.25. The van der Waals surface area contributed by atoms with Gasteiger partial charge in [-0.25, -0.2) is 4.79 Å². The molecule has 11 heteroatoms. The first-order valence-corrected chi connectivity index (χ1v) is 14.5. The second-order valence-corrected chi connectivity index (χ2v) is 11.6. The number of nitrogens with one attached hydrogen (secondary N) is 4. The van der Waals surface area contributed by atoms with Crippen molar-refractivity contribution in [3.05, 3.63) is 71.8 Å². The Kier molecular flexibility index (Phi) is 12.2. The van der Waals surface area contributed by atoms with Crippen LogP contribution in [0.4, 0.5) is 4.79 Å². The highest BCUT2D eigenvalue weighted by Crippen LogP contribution is 2.17. The Balaban J connectivity index is 1.76. The van der Waals surface area contributed by atoms with Crippen molar-refractivity contribution in [2.24, 2.45) is 5.92 Å². The van der Waals surface area contributed by atoms with Crippen molar-refractivity contribution >= 4 is 30.1 Å². The summed E-state index contributed by atoms with van der Waals surface area (Å²) in [6, 6.07) is 15.0. The van der Waals surface area contributed by atoms with E-state index < -0.39 is 47.7 Å². The molecule has 0 aliphatic carbocycles.